The van der Waals surface area contributed by atoms with Crippen molar-refractivity contribution in [3.05, 3.63) is 48.2 Å². The third-order valence-corrected chi connectivity index (χ3v) is 3.45. The quantitative estimate of drug-likeness (QED) is 0.941. The molecule has 0 saturated carbocycles. The van der Waals surface area contributed by atoms with Gasteiger partial charge in [0.15, 0.2) is 5.82 Å². The van der Waals surface area contributed by atoms with E-state index in [1.807, 2.05) is 6.07 Å². The van der Waals surface area contributed by atoms with Crippen LogP contribution in [0.3, 0.4) is 0 Å². The maximum absolute atomic E-state index is 13.5. The Bertz CT molecular complexity index is 638. The topological polar surface area (TPSA) is 58.1 Å². The first-order valence-corrected chi connectivity index (χ1v) is 6.86. The van der Waals surface area contributed by atoms with Crippen LogP contribution in [0.2, 0.25) is 0 Å². The van der Waals surface area contributed by atoms with Crippen LogP contribution in [-0.4, -0.2) is 29.0 Å². The molecule has 5 nitrogen and oxygen atoms in total. The van der Waals surface area contributed by atoms with Crippen molar-refractivity contribution in [3.8, 4) is 0 Å². The molecule has 108 valence electrons. The molecular formula is C15H15FN4O. The molecule has 1 aliphatic rings. The van der Waals surface area contributed by atoms with E-state index in [9.17, 15) is 9.18 Å². The maximum atomic E-state index is 13.5. The minimum Gasteiger partial charge on any atom is -0.357 e. The molecule has 6 heteroatoms. The Morgan fingerprint density at radius 2 is 2.00 bits per heavy atom. The highest BCUT2D eigenvalue weighted by Gasteiger charge is 2.14. The van der Waals surface area contributed by atoms with Crippen molar-refractivity contribution < 1.29 is 9.18 Å². The van der Waals surface area contributed by atoms with Gasteiger partial charge in [-0.25, -0.2) is 9.37 Å². The van der Waals surface area contributed by atoms with Crippen LogP contribution in [0.1, 0.15) is 23.2 Å². The normalized spacial score (nSPS) is 14.2. The highest BCUT2D eigenvalue weighted by molar-refractivity contribution is 6.04. The molecule has 1 saturated heterocycles. The highest BCUT2D eigenvalue weighted by Crippen LogP contribution is 2.19. The number of nitrogens with one attached hydrogen (secondary N) is 1. The summed E-state index contributed by atoms with van der Waals surface area (Å²) in [5, 5.41) is 2.63. The van der Waals surface area contributed by atoms with Crippen molar-refractivity contribution >= 4 is 17.4 Å². The van der Waals surface area contributed by atoms with Gasteiger partial charge in [-0.2, -0.15) is 0 Å². The number of hydrogen-bond donors (Lipinski definition) is 1. The standard InChI is InChI=1S/C15H15FN4O/c16-13-10-17-6-5-12(13)15(21)19-11-3-4-14(18-9-11)20-7-1-2-8-20/h3-6,9-10H,1-2,7-8H2,(H,19,21). The summed E-state index contributed by atoms with van der Waals surface area (Å²) in [4.78, 5) is 22.1. The molecule has 2 aromatic heterocycles. The van der Waals surface area contributed by atoms with Gasteiger partial charge < -0.3 is 10.2 Å². The summed E-state index contributed by atoms with van der Waals surface area (Å²) in [6.45, 7) is 2.03. The molecule has 0 atom stereocenters. The van der Waals surface area contributed by atoms with Crippen molar-refractivity contribution in [2.24, 2.45) is 0 Å². The lowest BCUT2D eigenvalue weighted by Crippen LogP contribution is -2.19. The van der Waals surface area contributed by atoms with Gasteiger partial charge in [0.05, 0.1) is 23.6 Å². The molecule has 21 heavy (non-hydrogen) atoms. The maximum Gasteiger partial charge on any atom is 0.258 e. The molecule has 1 fully saturated rings. The Balaban J connectivity index is 1.70. The van der Waals surface area contributed by atoms with Gasteiger partial charge in [-0.1, -0.05) is 0 Å². The van der Waals surface area contributed by atoms with Crippen LogP contribution in [0.15, 0.2) is 36.8 Å². The monoisotopic (exact) mass is 286 g/mol. The van der Waals surface area contributed by atoms with Gasteiger partial charge in [0.2, 0.25) is 0 Å². The minimum absolute atomic E-state index is 0.0337. The highest BCUT2D eigenvalue weighted by atomic mass is 19.1. The third kappa shape index (κ3) is 2.99. The summed E-state index contributed by atoms with van der Waals surface area (Å²) in [6.07, 6.45) is 6.35. The van der Waals surface area contributed by atoms with Gasteiger partial charge >= 0.3 is 0 Å². The van der Waals surface area contributed by atoms with E-state index in [1.54, 1.807) is 12.3 Å². The average molecular weight is 286 g/mol. The molecule has 3 heterocycles. The summed E-state index contributed by atoms with van der Waals surface area (Å²) in [6, 6.07) is 4.98. The summed E-state index contributed by atoms with van der Waals surface area (Å²) in [5.74, 6) is -0.247. The molecule has 0 radical (unpaired) electrons. The van der Waals surface area contributed by atoms with E-state index < -0.39 is 11.7 Å². The smallest absolute Gasteiger partial charge is 0.258 e. The number of nitrogens with zero attached hydrogens (tertiary/aromatic N) is 3. The second-order valence-corrected chi connectivity index (χ2v) is 4.91. The molecule has 0 aromatic carbocycles. The van der Waals surface area contributed by atoms with Crippen LogP contribution in [-0.2, 0) is 0 Å². The first-order valence-electron chi connectivity index (χ1n) is 6.86. The average Bonchev–Trinajstić information content (AvgIpc) is 3.02. The van der Waals surface area contributed by atoms with Crippen LogP contribution >= 0.6 is 0 Å². The summed E-state index contributed by atoms with van der Waals surface area (Å²) < 4.78 is 13.5. The number of rotatable bonds is 3. The lowest BCUT2D eigenvalue weighted by molar-refractivity contribution is 0.102. The minimum atomic E-state index is -0.642. The molecule has 0 spiro atoms. The zero-order valence-electron chi connectivity index (χ0n) is 11.4. The number of amides is 1. The Hall–Kier alpha value is -2.50. The number of carbonyl (C=O) groups excluding carboxylic acids is 1. The number of halogens is 1. The zero-order valence-corrected chi connectivity index (χ0v) is 11.4. The number of aromatic nitrogens is 2. The molecule has 1 N–H and O–H groups in total. The first-order chi connectivity index (χ1) is 10.2. The number of carbonyl (C=O) groups is 1. The fraction of sp³-hybridized carbons (Fsp3) is 0.267. The van der Waals surface area contributed by atoms with Gasteiger partial charge in [0, 0.05) is 19.3 Å². The van der Waals surface area contributed by atoms with Crippen molar-refractivity contribution in [2.75, 3.05) is 23.3 Å². The van der Waals surface area contributed by atoms with Gasteiger partial charge in [0.25, 0.3) is 5.91 Å². The van der Waals surface area contributed by atoms with Gasteiger partial charge in [0.1, 0.15) is 5.82 Å². The number of pyridine rings is 2. The molecular weight excluding hydrogens is 271 g/mol. The van der Waals surface area contributed by atoms with E-state index in [0.29, 0.717) is 5.69 Å². The zero-order chi connectivity index (χ0) is 14.7. The van der Waals surface area contributed by atoms with Crippen LogP contribution in [0, 0.1) is 5.82 Å². The van der Waals surface area contributed by atoms with Crippen LogP contribution in [0.25, 0.3) is 0 Å². The fourth-order valence-corrected chi connectivity index (χ4v) is 2.35. The van der Waals surface area contributed by atoms with E-state index >= 15 is 0 Å². The third-order valence-electron chi connectivity index (χ3n) is 3.45. The second-order valence-electron chi connectivity index (χ2n) is 4.91. The summed E-state index contributed by atoms with van der Waals surface area (Å²) in [5.41, 5.74) is 0.507. The van der Waals surface area contributed by atoms with Crippen molar-refractivity contribution in [1.82, 2.24) is 9.97 Å². The Kier molecular flexibility index (Phi) is 3.77. The molecule has 0 unspecified atom stereocenters. The largest absolute Gasteiger partial charge is 0.357 e. The van der Waals surface area contributed by atoms with Gasteiger partial charge in [-0.3, -0.25) is 9.78 Å². The van der Waals surface area contributed by atoms with Crippen LogP contribution < -0.4 is 10.2 Å². The van der Waals surface area contributed by atoms with E-state index in [4.69, 9.17) is 0 Å². The number of anilines is 2. The van der Waals surface area contributed by atoms with Crippen molar-refractivity contribution in [1.29, 1.82) is 0 Å². The lowest BCUT2D eigenvalue weighted by Gasteiger charge is -2.16. The second kappa shape index (κ2) is 5.87. The van der Waals surface area contributed by atoms with E-state index in [0.717, 1.165) is 25.1 Å². The van der Waals surface area contributed by atoms with Crippen molar-refractivity contribution in [3.63, 3.8) is 0 Å². The van der Waals surface area contributed by atoms with E-state index in [2.05, 4.69) is 20.2 Å². The van der Waals surface area contributed by atoms with Gasteiger partial charge in [-0.05, 0) is 31.0 Å². The molecule has 0 bridgehead atoms. The fourth-order valence-electron chi connectivity index (χ4n) is 2.35. The molecule has 0 aliphatic carbocycles. The molecule has 1 aliphatic heterocycles. The Morgan fingerprint density at radius 1 is 1.19 bits per heavy atom. The van der Waals surface area contributed by atoms with Crippen LogP contribution in [0.4, 0.5) is 15.9 Å². The number of hydrogen-bond acceptors (Lipinski definition) is 4. The van der Waals surface area contributed by atoms with Gasteiger partial charge in [-0.15, -0.1) is 0 Å². The van der Waals surface area contributed by atoms with Crippen molar-refractivity contribution in [2.45, 2.75) is 12.8 Å². The Labute approximate surface area is 121 Å². The van der Waals surface area contributed by atoms with Crippen LogP contribution in [0.5, 0.6) is 0 Å². The lowest BCUT2D eigenvalue weighted by atomic mass is 10.2. The molecule has 3 rings (SSSR count). The summed E-state index contributed by atoms with van der Waals surface area (Å²) >= 11 is 0. The predicted molar refractivity (Wildman–Crippen MR) is 77.8 cm³/mol. The first kappa shape index (κ1) is 13.5. The summed E-state index contributed by atoms with van der Waals surface area (Å²) in [7, 11) is 0. The van der Waals surface area contributed by atoms with E-state index in [1.165, 1.54) is 25.1 Å². The SMILES string of the molecule is O=C(Nc1ccc(N2CCCC2)nc1)c1ccncc1F. The predicted octanol–water partition coefficient (Wildman–Crippen LogP) is 2.47. The Morgan fingerprint density at radius 3 is 2.67 bits per heavy atom. The molecule has 2 aromatic rings. The molecule has 1 amide bonds. The van der Waals surface area contributed by atoms with E-state index in [-0.39, 0.29) is 5.56 Å².